The van der Waals surface area contributed by atoms with E-state index in [1.54, 1.807) is 42.5 Å². The molecule has 2 aromatic carbocycles. The van der Waals surface area contributed by atoms with Crippen LogP contribution < -0.4 is 14.2 Å². The first kappa shape index (κ1) is 17.3. The number of nitrogens with one attached hydrogen (secondary N) is 1. The zero-order valence-corrected chi connectivity index (χ0v) is 15.2. The van der Waals surface area contributed by atoms with Gasteiger partial charge in [0.05, 0.1) is 23.0 Å². The molecule has 3 aromatic rings. The molecule has 1 N–H and O–H groups in total. The number of fused-ring (bicyclic) bond motifs is 2. The van der Waals surface area contributed by atoms with Crippen molar-refractivity contribution in [1.29, 1.82) is 0 Å². The Balaban J connectivity index is 1.86. The molecule has 0 atom stereocenters. The molecule has 1 aliphatic rings. The van der Waals surface area contributed by atoms with E-state index in [1.807, 2.05) is 10.8 Å². The van der Waals surface area contributed by atoms with Crippen LogP contribution in [0.15, 0.2) is 48.5 Å². The van der Waals surface area contributed by atoms with Gasteiger partial charge in [0, 0.05) is 10.9 Å². The predicted molar refractivity (Wildman–Crippen MR) is 100 cm³/mol. The number of aromatic nitrogens is 1. The average molecular weight is 384 g/mol. The Morgan fingerprint density at radius 1 is 1.04 bits per heavy atom. The molecule has 7 nitrogen and oxygen atoms in total. The Morgan fingerprint density at radius 3 is 2.56 bits per heavy atom. The van der Waals surface area contributed by atoms with E-state index < -0.39 is 15.9 Å². The second-order valence-corrected chi connectivity index (χ2v) is 7.88. The Kier molecular flexibility index (Phi) is 4.19. The van der Waals surface area contributed by atoms with Crippen LogP contribution in [0.4, 0.5) is 0 Å². The van der Waals surface area contributed by atoms with Gasteiger partial charge in [0.25, 0.3) is 5.91 Å². The van der Waals surface area contributed by atoms with Gasteiger partial charge in [0.2, 0.25) is 10.0 Å². The van der Waals surface area contributed by atoms with Crippen molar-refractivity contribution < 1.29 is 22.7 Å². The van der Waals surface area contributed by atoms with E-state index in [0.29, 0.717) is 41.3 Å². The standard InChI is InChI=1S/C19H16N2O5S/c1-27(23,24)21-19(22)14-11-16(20-15-5-3-2-4-13(14)15)12-6-7-17-18(10-12)26-9-8-25-17/h2-7,10-11H,8-9H2,1H3,(H,21,22). The Morgan fingerprint density at radius 2 is 1.78 bits per heavy atom. The molecular formula is C19H16N2O5S. The largest absolute Gasteiger partial charge is 0.486 e. The molecule has 2 heterocycles. The number of ether oxygens (including phenoxy) is 2. The van der Waals surface area contributed by atoms with Crippen LogP contribution in [0.5, 0.6) is 11.5 Å². The molecule has 4 rings (SSSR count). The Labute approximate surface area is 156 Å². The molecule has 27 heavy (non-hydrogen) atoms. The molecule has 0 bridgehead atoms. The zero-order chi connectivity index (χ0) is 19.0. The number of nitrogens with zero attached hydrogens (tertiary/aromatic N) is 1. The molecule has 0 aliphatic carbocycles. The average Bonchev–Trinajstić information content (AvgIpc) is 2.65. The summed E-state index contributed by atoms with van der Waals surface area (Å²) in [7, 11) is -3.69. The molecule has 1 amide bonds. The van der Waals surface area contributed by atoms with Gasteiger partial charge in [0.1, 0.15) is 13.2 Å². The lowest BCUT2D eigenvalue weighted by molar-refractivity contribution is 0.0983. The van der Waals surface area contributed by atoms with Gasteiger partial charge < -0.3 is 9.47 Å². The van der Waals surface area contributed by atoms with Gasteiger partial charge in [-0.05, 0) is 30.3 Å². The highest BCUT2D eigenvalue weighted by Crippen LogP contribution is 2.35. The molecule has 0 saturated heterocycles. The summed E-state index contributed by atoms with van der Waals surface area (Å²) in [6.45, 7) is 0.958. The summed E-state index contributed by atoms with van der Waals surface area (Å²) in [6.07, 6.45) is 0.940. The van der Waals surface area contributed by atoms with E-state index in [0.717, 1.165) is 11.8 Å². The minimum absolute atomic E-state index is 0.232. The number of carbonyl (C=O) groups excluding carboxylic acids is 1. The maximum Gasteiger partial charge on any atom is 0.265 e. The zero-order valence-electron chi connectivity index (χ0n) is 14.4. The van der Waals surface area contributed by atoms with Gasteiger partial charge >= 0.3 is 0 Å². The maximum atomic E-state index is 12.5. The van der Waals surface area contributed by atoms with Crippen molar-refractivity contribution in [2.24, 2.45) is 0 Å². The van der Waals surface area contributed by atoms with E-state index in [1.165, 1.54) is 0 Å². The summed E-state index contributed by atoms with van der Waals surface area (Å²) in [5, 5.41) is 0.569. The third kappa shape index (κ3) is 3.56. The molecule has 0 saturated carbocycles. The van der Waals surface area contributed by atoms with Crippen LogP contribution in [0.2, 0.25) is 0 Å². The van der Waals surface area contributed by atoms with Gasteiger partial charge in [0.15, 0.2) is 11.5 Å². The molecule has 138 valence electrons. The number of sulfonamides is 1. The number of amides is 1. The highest BCUT2D eigenvalue weighted by Gasteiger charge is 2.18. The summed E-state index contributed by atoms with van der Waals surface area (Å²) in [6, 6.07) is 14.1. The van der Waals surface area contributed by atoms with Gasteiger partial charge in [-0.3, -0.25) is 4.79 Å². The van der Waals surface area contributed by atoms with Crippen LogP contribution in [0.1, 0.15) is 10.4 Å². The topological polar surface area (TPSA) is 94.6 Å². The van der Waals surface area contributed by atoms with Crippen LogP contribution in [-0.2, 0) is 10.0 Å². The number of carbonyl (C=O) groups is 1. The van der Waals surface area contributed by atoms with Crippen molar-refractivity contribution in [1.82, 2.24) is 9.71 Å². The van der Waals surface area contributed by atoms with E-state index in [9.17, 15) is 13.2 Å². The second-order valence-electron chi connectivity index (χ2n) is 6.13. The minimum Gasteiger partial charge on any atom is -0.486 e. The molecule has 0 spiro atoms. The summed E-state index contributed by atoms with van der Waals surface area (Å²) in [5.41, 5.74) is 2.09. The quantitative estimate of drug-likeness (QED) is 0.745. The lowest BCUT2D eigenvalue weighted by atomic mass is 10.0. The van der Waals surface area contributed by atoms with E-state index in [-0.39, 0.29) is 5.56 Å². The van der Waals surface area contributed by atoms with Crippen molar-refractivity contribution in [3.05, 3.63) is 54.1 Å². The second kappa shape index (κ2) is 6.55. The third-order valence-corrected chi connectivity index (χ3v) is 4.63. The van der Waals surface area contributed by atoms with Crippen LogP contribution in [0.3, 0.4) is 0 Å². The number of benzene rings is 2. The van der Waals surface area contributed by atoms with E-state index in [4.69, 9.17) is 9.47 Å². The number of para-hydroxylation sites is 1. The Bertz CT molecular complexity index is 1160. The smallest absolute Gasteiger partial charge is 0.265 e. The molecule has 1 aromatic heterocycles. The van der Waals surface area contributed by atoms with E-state index >= 15 is 0 Å². The summed E-state index contributed by atoms with van der Waals surface area (Å²) >= 11 is 0. The number of hydrogen-bond acceptors (Lipinski definition) is 6. The van der Waals surface area contributed by atoms with Crippen LogP contribution in [0.25, 0.3) is 22.2 Å². The van der Waals surface area contributed by atoms with Crippen molar-refractivity contribution >= 4 is 26.8 Å². The highest BCUT2D eigenvalue weighted by atomic mass is 32.2. The number of hydrogen-bond donors (Lipinski definition) is 1. The van der Waals surface area contributed by atoms with Gasteiger partial charge in [-0.2, -0.15) is 0 Å². The lowest BCUT2D eigenvalue weighted by Crippen LogP contribution is -2.29. The van der Waals surface area contributed by atoms with Gasteiger partial charge in [-0.25, -0.2) is 18.1 Å². The Hall–Kier alpha value is -3.13. The van der Waals surface area contributed by atoms with E-state index in [2.05, 4.69) is 4.98 Å². The fourth-order valence-electron chi connectivity index (χ4n) is 2.94. The monoisotopic (exact) mass is 384 g/mol. The first-order valence-electron chi connectivity index (χ1n) is 8.23. The molecule has 0 unspecified atom stereocenters. The summed E-state index contributed by atoms with van der Waals surface area (Å²) < 4.78 is 36.1. The van der Waals surface area contributed by atoms with Crippen molar-refractivity contribution in [2.45, 2.75) is 0 Å². The first-order chi connectivity index (χ1) is 12.9. The van der Waals surface area contributed by atoms with Gasteiger partial charge in [-0.15, -0.1) is 0 Å². The molecule has 1 aliphatic heterocycles. The highest BCUT2D eigenvalue weighted by molar-refractivity contribution is 7.89. The molecule has 0 fully saturated rings. The van der Waals surface area contributed by atoms with Crippen molar-refractivity contribution in [3.8, 4) is 22.8 Å². The maximum absolute atomic E-state index is 12.5. The van der Waals surface area contributed by atoms with Gasteiger partial charge in [-0.1, -0.05) is 18.2 Å². The fourth-order valence-corrected chi connectivity index (χ4v) is 3.38. The van der Waals surface area contributed by atoms with Crippen molar-refractivity contribution in [2.75, 3.05) is 19.5 Å². The fraction of sp³-hybridized carbons (Fsp3) is 0.158. The lowest BCUT2D eigenvalue weighted by Gasteiger charge is -2.19. The number of rotatable bonds is 3. The first-order valence-corrected chi connectivity index (χ1v) is 10.1. The van der Waals surface area contributed by atoms with Crippen LogP contribution in [0, 0.1) is 0 Å². The molecule has 8 heteroatoms. The van der Waals surface area contributed by atoms with Crippen LogP contribution in [-0.4, -0.2) is 38.8 Å². The SMILES string of the molecule is CS(=O)(=O)NC(=O)c1cc(-c2ccc3c(c2)OCCO3)nc2ccccc12. The normalized spacial score (nSPS) is 13.4. The minimum atomic E-state index is -3.69. The molecule has 0 radical (unpaired) electrons. The van der Waals surface area contributed by atoms with Crippen molar-refractivity contribution in [3.63, 3.8) is 0 Å². The summed E-state index contributed by atoms with van der Waals surface area (Å²) in [5.74, 6) is 0.562. The third-order valence-electron chi connectivity index (χ3n) is 4.08. The van der Waals surface area contributed by atoms with Crippen LogP contribution >= 0.6 is 0 Å². The molecular weight excluding hydrogens is 368 g/mol. The predicted octanol–water partition coefficient (Wildman–Crippen LogP) is 2.36. The number of pyridine rings is 1. The summed E-state index contributed by atoms with van der Waals surface area (Å²) in [4.78, 5) is 17.1.